The molecule has 2 amide bonds. The number of anilines is 1. The summed E-state index contributed by atoms with van der Waals surface area (Å²) < 4.78 is 10.2. The Labute approximate surface area is 157 Å². The lowest BCUT2D eigenvalue weighted by molar-refractivity contribution is -0.142. The van der Waals surface area contributed by atoms with Crippen molar-refractivity contribution in [3.8, 4) is 5.75 Å². The van der Waals surface area contributed by atoms with Crippen molar-refractivity contribution in [2.75, 3.05) is 19.1 Å². The van der Waals surface area contributed by atoms with Crippen molar-refractivity contribution in [1.29, 1.82) is 0 Å². The van der Waals surface area contributed by atoms with Crippen LogP contribution in [0.4, 0.5) is 10.5 Å². The van der Waals surface area contributed by atoms with E-state index in [1.54, 1.807) is 18.2 Å². The third-order valence-electron chi connectivity index (χ3n) is 4.01. The number of hydrogen-bond donors (Lipinski definition) is 4. The van der Waals surface area contributed by atoms with E-state index in [0.29, 0.717) is 29.4 Å². The molecule has 1 saturated carbocycles. The normalized spacial score (nSPS) is 14.5. The van der Waals surface area contributed by atoms with Gasteiger partial charge in [-0.15, -0.1) is 5.53 Å². The molecule has 9 heteroatoms. The Bertz CT molecular complexity index is 650. The maximum absolute atomic E-state index is 11.8. The maximum atomic E-state index is 11.8. The van der Waals surface area contributed by atoms with E-state index in [1.807, 2.05) is 13.8 Å². The molecule has 8 nitrogen and oxygen atoms in total. The molecule has 144 valence electrons. The molecule has 26 heavy (non-hydrogen) atoms. The van der Waals surface area contributed by atoms with Crippen LogP contribution in [0.15, 0.2) is 18.2 Å². The first-order valence-electron chi connectivity index (χ1n) is 8.41. The molecule has 1 fully saturated rings. The molecule has 0 aromatic heterocycles. The van der Waals surface area contributed by atoms with Crippen molar-refractivity contribution in [3.05, 3.63) is 23.2 Å². The van der Waals surface area contributed by atoms with E-state index in [9.17, 15) is 9.59 Å². The molecule has 0 heterocycles. The van der Waals surface area contributed by atoms with Gasteiger partial charge in [-0.3, -0.25) is 10.2 Å². The number of nitrogens with one attached hydrogen (secondary N) is 4. The predicted molar refractivity (Wildman–Crippen MR) is 98.8 cm³/mol. The van der Waals surface area contributed by atoms with Crippen LogP contribution >= 0.6 is 11.6 Å². The van der Waals surface area contributed by atoms with E-state index in [0.717, 1.165) is 12.8 Å². The zero-order chi connectivity index (χ0) is 19.2. The van der Waals surface area contributed by atoms with Crippen molar-refractivity contribution in [3.63, 3.8) is 0 Å². The van der Waals surface area contributed by atoms with Crippen LogP contribution < -0.4 is 26.4 Å². The Balaban J connectivity index is 1.70. The number of benzene rings is 1. The standard InChI is InChI=1S/C17H25ClN4O4/c1-11(2)26-14-5-4-12(8-13(14)18)20-22-21-16(24)19-10-17(6-7-17)9-15(23)25-3/h4-5,8,11,20,22H,6-7,9-10H2,1-3H3,(H2,19,21,24). The van der Waals surface area contributed by atoms with Crippen molar-refractivity contribution in [2.24, 2.45) is 5.41 Å². The van der Waals surface area contributed by atoms with Gasteiger partial charge in [-0.2, -0.15) is 0 Å². The lowest BCUT2D eigenvalue weighted by Crippen LogP contribution is -2.48. The molecule has 0 saturated heterocycles. The van der Waals surface area contributed by atoms with Gasteiger partial charge in [-0.1, -0.05) is 11.6 Å². The molecule has 0 bridgehead atoms. The summed E-state index contributed by atoms with van der Waals surface area (Å²) in [6, 6.07) is 4.79. The van der Waals surface area contributed by atoms with E-state index in [-0.39, 0.29) is 17.5 Å². The minimum absolute atomic E-state index is 0.0312. The summed E-state index contributed by atoms with van der Waals surface area (Å²) in [5.74, 6) is 0.338. The van der Waals surface area contributed by atoms with Crippen molar-refractivity contribution >= 4 is 29.3 Å². The smallest absolute Gasteiger partial charge is 0.330 e. The summed E-state index contributed by atoms with van der Waals surface area (Å²) >= 11 is 6.15. The topological polar surface area (TPSA) is 101 Å². The summed E-state index contributed by atoms with van der Waals surface area (Å²) in [6.45, 7) is 4.26. The zero-order valence-electron chi connectivity index (χ0n) is 15.1. The van der Waals surface area contributed by atoms with Gasteiger partial charge in [0.1, 0.15) is 5.75 Å². The number of ether oxygens (including phenoxy) is 2. The van der Waals surface area contributed by atoms with Gasteiger partial charge in [0, 0.05) is 6.54 Å². The quantitative estimate of drug-likeness (QED) is 0.385. The number of carbonyl (C=O) groups is 2. The number of urea groups is 1. The molecule has 1 aliphatic carbocycles. The molecule has 0 radical (unpaired) electrons. The number of hydrazine groups is 2. The van der Waals surface area contributed by atoms with Crippen LogP contribution in [0, 0.1) is 5.41 Å². The fourth-order valence-electron chi connectivity index (χ4n) is 2.37. The van der Waals surface area contributed by atoms with Crippen LogP contribution in [-0.4, -0.2) is 31.8 Å². The van der Waals surface area contributed by atoms with E-state index in [2.05, 4.69) is 26.4 Å². The minimum Gasteiger partial charge on any atom is -0.489 e. The molecule has 1 aromatic carbocycles. The average Bonchev–Trinajstić information content (AvgIpc) is 3.35. The molecule has 2 rings (SSSR count). The Hall–Kier alpha value is -2.19. The van der Waals surface area contributed by atoms with Gasteiger partial charge in [0.05, 0.1) is 30.3 Å². The molecule has 0 spiro atoms. The first-order chi connectivity index (χ1) is 12.3. The maximum Gasteiger partial charge on any atom is 0.330 e. The van der Waals surface area contributed by atoms with Crippen molar-refractivity contribution in [2.45, 2.75) is 39.2 Å². The molecule has 1 aromatic rings. The first kappa shape index (κ1) is 20.1. The summed E-state index contributed by atoms with van der Waals surface area (Å²) in [4.78, 5) is 23.2. The van der Waals surface area contributed by atoms with Gasteiger partial charge in [-0.05, 0) is 50.3 Å². The average molecular weight is 385 g/mol. The van der Waals surface area contributed by atoms with E-state index in [1.165, 1.54) is 7.11 Å². The van der Waals surface area contributed by atoms with Gasteiger partial charge in [0.25, 0.3) is 0 Å². The Morgan fingerprint density at radius 3 is 2.62 bits per heavy atom. The number of rotatable bonds is 9. The number of halogens is 1. The number of hydrogen-bond acceptors (Lipinski definition) is 6. The van der Waals surface area contributed by atoms with Gasteiger partial charge in [-0.25, -0.2) is 4.79 Å². The minimum atomic E-state index is -0.403. The zero-order valence-corrected chi connectivity index (χ0v) is 15.9. The summed E-state index contributed by atoms with van der Waals surface area (Å²) in [7, 11) is 1.36. The monoisotopic (exact) mass is 384 g/mol. The highest BCUT2D eigenvalue weighted by atomic mass is 35.5. The predicted octanol–water partition coefficient (Wildman–Crippen LogP) is 2.60. The van der Waals surface area contributed by atoms with Crippen LogP contribution in [0.1, 0.15) is 33.1 Å². The van der Waals surface area contributed by atoms with Crippen molar-refractivity contribution < 1.29 is 19.1 Å². The molecular weight excluding hydrogens is 360 g/mol. The SMILES string of the molecule is COC(=O)CC1(CNC(=O)NNNc2ccc(OC(C)C)c(Cl)c2)CC1. The van der Waals surface area contributed by atoms with E-state index < -0.39 is 6.03 Å². The molecule has 0 aliphatic heterocycles. The highest BCUT2D eigenvalue weighted by Crippen LogP contribution is 2.48. The van der Waals surface area contributed by atoms with Gasteiger partial charge < -0.3 is 20.2 Å². The summed E-state index contributed by atoms with van der Waals surface area (Å²) in [5, 5.41) is 3.20. The highest BCUT2D eigenvalue weighted by molar-refractivity contribution is 6.32. The third kappa shape index (κ3) is 6.27. The lowest BCUT2D eigenvalue weighted by atomic mass is 10.0. The first-order valence-corrected chi connectivity index (χ1v) is 8.79. The largest absolute Gasteiger partial charge is 0.489 e. The second kappa shape index (κ2) is 8.95. The second-order valence-corrected chi connectivity index (χ2v) is 7.03. The van der Waals surface area contributed by atoms with Crippen molar-refractivity contribution in [1.82, 2.24) is 16.3 Å². The van der Waals surface area contributed by atoms with Gasteiger partial charge in [0.15, 0.2) is 0 Å². The number of amides is 2. The van der Waals surface area contributed by atoms with Gasteiger partial charge >= 0.3 is 12.0 Å². The summed E-state index contributed by atoms with van der Waals surface area (Å²) in [6.07, 6.45) is 2.15. The molecular formula is C17H25ClN4O4. The molecule has 1 aliphatic rings. The Morgan fingerprint density at radius 1 is 1.31 bits per heavy atom. The van der Waals surface area contributed by atoms with E-state index >= 15 is 0 Å². The highest BCUT2D eigenvalue weighted by Gasteiger charge is 2.44. The molecule has 0 atom stereocenters. The van der Waals surface area contributed by atoms with Crippen LogP contribution in [0.2, 0.25) is 5.02 Å². The second-order valence-electron chi connectivity index (χ2n) is 6.62. The van der Waals surface area contributed by atoms with E-state index in [4.69, 9.17) is 16.3 Å². The molecule has 4 N–H and O–H groups in total. The summed E-state index contributed by atoms with van der Waals surface area (Å²) in [5.41, 5.74) is 8.37. The van der Waals surface area contributed by atoms with Crippen LogP contribution in [-0.2, 0) is 9.53 Å². The lowest BCUT2D eigenvalue weighted by Gasteiger charge is -2.16. The third-order valence-corrected chi connectivity index (χ3v) is 4.30. The molecule has 0 unspecified atom stereocenters. The fourth-order valence-corrected chi connectivity index (χ4v) is 2.60. The number of esters is 1. The Morgan fingerprint density at radius 2 is 2.04 bits per heavy atom. The fraction of sp³-hybridized carbons (Fsp3) is 0.529. The number of methoxy groups -OCH3 is 1. The Kier molecular flexibility index (Phi) is 6.93. The number of carbonyl (C=O) groups excluding carboxylic acids is 2. The van der Waals surface area contributed by atoms with Gasteiger partial charge in [0.2, 0.25) is 0 Å². The van der Waals surface area contributed by atoms with Crippen LogP contribution in [0.25, 0.3) is 0 Å². The van der Waals surface area contributed by atoms with Crippen LogP contribution in [0.5, 0.6) is 5.75 Å². The van der Waals surface area contributed by atoms with Crippen LogP contribution in [0.3, 0.4) is 0 Å².